The number of aliphatic imine (C=N–C) groups is 1. The summed E-state index contributed by atoms with van der Waals surface area (Å²) < 4.78 is 0. The fraction of sp³-hybridized carbons (Fsp3) is 0.138. The number of fused-ring (bicyclic) bond motifs is 1. The number of aryl methyl sites for hydroxylation is 1. The molecule has 1 aliphatic rings. The Kier molecular flexibility index (Phi) is 4.40. The van der Waals surface area contributed by atoms with Gasteiger partial charge in [0, 0.05) is 11.6 Å². The summed E-state index contributed by atoms with van der Waals surface area (Å²) in [6.45, 7) is 4.49. The third-order valence-electron chi connectivity index (χ3n) is 6.66. The lowest BCUT2D eigenvalue weighted by atomic mass is 9.51. The number of para-hydroxylation sites is 1. The summed E-state index contributed by atoms with van der Waals surface area (Å²) in [4.78, 5) is 5.04. The van der Waals surface area contributed by atoms with Crippen molar-refractivity contribution in [2.45, 2.75) is 24.7 Å². The first-order valence-corrected chi connectivity index (χ1v) is 10.5. The van der Waals surface area contributed by atoms with Gasteiger partial charge in [-0.3, -0.25) is 4.99 Å². The first-order valence-electron chi connectivity index (χ1n) is 10.5. The molecule has 0 fully saturated rings. The van der Waals surface area contributed by atoms with Gasteiger partial charge < -0.3 is 0 Å². The number of hydrogen-bond acceptors (Lipinski definition) is 1. The van der Waals surface area contributed by atoms with Crippen LogP contribution in [0.25, 0.3) is 0 Å². The molecule has 146 valence electrons. The molecule has 0 amide bonds. The Morgan fingerprint density at radius 2 is 1.07 bits per heavy atom. The molecule has 1 unspecified atom stereocenters. The maximum atomic E-state index is 5.04. The molecule has 1 nitrogen and oxygen atoms in total. The van der Waals surface area contributed by atoms with E-state index in [1.54, 1.807) is 0 Å². The molecule has 1 aliphatic heterocycles. The quantitative estimate of drug-likeness (QED) is 0.359. The molecule has 0 spiro atoms. The van der Waals surface area contributed by atoms with E-state index in [2.05, 4.69) is 129 Å². The molecular formula is C29H25N. The van der Waals surface area contributed by atoms with Crippen molar-refractivity contribution in [3.63, 3.8) is 0 Å². The van der Waals surface area contributed by atoms with Crippen LogP contribution in [-0.4, -0.2) is 6.21 Å². The smallest absolute Gasteiger partial charge is 0.0700 e. The molecular weight excluding hydrogens is 362 g/mol. The zero-order valence-electron chi connectivity index (χ0n) is 17.4. The van der Waals surface area contributed by atoms with Gasteiger partial charge in [0.15, 0.2) is 0 Å². The van der Waals surface area contributed by atoms with Crippen LogP contribution < -0.4 is 0 Å². The Hall–Kier alpha value is -3.45. The van der Waals surface area contributed by atoms with Crippen LogP contribution in [-0.2, 0) is 10.8 Å². The molecule has 0 saturated carbocycles. The fourth-order valence-electron chi connectivity index (χ4n) is 5.23. The average molecular weight is 388 g/mol. The maximum absolute atomic E-state index is 5.04. The summed E-state index contributed by atoms with van der Waals surface area (Å²) in [5.74, 6) is 0. The molecule has 1 heterocycles. The third kappa shape index (κ3) is 2.52. The molecule has 5 rings (SSSR count). The van der Waals surface area contributed by atoms with Crippen LogP contribution in [0, 0.1) is 6.92 Å². The van der Waals surface area contributed by atoms with E-state index in [4.69, 9.17) is 4.99 Å². The van der Waals surface area contributed by atoms with Crippen molar-refractivity contribution < 1.29 is 0 Å². The SMILES string of the molecule is Cc1cccc2c1N=CC(C)(c1ccccc1)C2(c1ccccc1)c1ccccc1. The van der Waals surface area contributed by atoms with Gasteiger partial charge in [0.1, 0.15) is 0 Å². The van der Waals surface area contributed by atoms with Crippen LogP contribution >= 0.6 is 0 Å². The highest BCUT2D eigenvalue weighted by Crippen LogP contribution is 2.57. The Bertz CT molecular complexity index is 1150. The van der Waals surface area contributed by atoms with Gasteiger partial charge >= 0.3 is 0 Å². The highest BCUT2D eigenvalue weighted by atomic mass is 14.8. The van der Waals surface area contributed by atoms with Gasteiger partial charge in [0.25, 0.3) is 0 Å². The number of benzene rings is 4. The predicted octanol–water partition coefficient (Wildman–Crippen LogP) is 7.00. The van der Waals surface area contributed by atoms with Crippen molar-refractivity contribution in [1.29, 1.82) is 0 Å². The van der Waals surface area contributed by atoms with E-state index >= 15 is 0 Å². The molecule has 0 radical (unpaired) electrons. The van der Waals surface area contributed by atoms with Crippen molar-refractivity contribution in [2.24, 2.45) is 4.99 Å². The average Bonchev–Trinajstić information content (AvgIpc) is 2.81. The van der Waals surface area contributed by atoms with Crippen LogP contribution in [0.4, 0.5) is 5.69 Å². The predicted molar refractivity (Wildman–Crippen MR) is 126 cm³/mol. The largest absolute Gasteiger partial charge is 0.260 e. The van der Waals surface area contributed by atoms with Gasteiger partial charge in [0.05, 0.1) is 11.1 Å². The Morgan fingerprint density at radius 3 is 1.60 bits per heavy atom. The van der Waals surface area contributed by atoms with Crippen LogP contribution in [0.1, 0.15) is 34.7 Å². The Labute approximate surface area is 178 Å². The molecule has 1 heteroatoms. The molecule has 0 aromatic heterocycles. The van der Waals surface area contributed by atoms with Crippen molar-refractivity contribution >= 4 is 11.9 Å². The minimum atomic E-state index is -0.403. The second-order valence-corrected chi connectivity index (χ2v) is 8.28. The third-order valence-corrected chi connectivity index (χ3v) is 6.66. The van der Waals surface area contributed by atoms with E-state index in [-0.39, 0.29) is 5.41 Å². The second-order valence-electron chi connectivity index (χ2n) is 8.28. The van der Waals surface area contributed by atoms with Gasteiger partial charge in [0.2, 0.25) is 0 Å². The van der Waals surface area contributed by atoms with Gasteiger partial charge in [-0.05, 0) is 41.7 Å². The van der Waals surface area contributed by atoms with E-state index in [1.165, 1.54) is 27.8 Å². The van der Waals surface area contributed by atoms with E-state index in [0.717, 1.165) is 5.69 Å². The summed E-state index contributed by atoms with van der Waals surface area (Å²) in [7, 11) is 0. The number of rotatable bonds is 3. The molecule has 1 atom stereocenters. The van der Waals surface area contributed by atoms with Gasteiger partial charge in [-0.1, -0.05) is 109 Å². The lowest BCUT2D eigenvalue weighted by Crippen LogP contribution is -2.51. The zero-order valence-corrected chi connectivity index (χ0v) is 17.4. The zero-order chi connectivity index (χ0) is 20.6. The number of hydrogen-bond donors (Lipinski definition) is 0. The summed E-state index contributed by atoms with van der Waals surface area (Å²) >= 11 is 0. The number of nitrogens with zero attached hydrogens (tertiary/aromatic N) is 1. The van der Waals surface area contributed by atoms with E-state index < -0.39 is 5.41 Å². The van der Waals surface area contributed by atoms with Gasteiger partial charge in [-0.15, -0.1) is 0 Å². The first kappa shape index (κ1) is 18.6. The van der Waals surface area contributed by atoms with Crippen molar-refractivity contribution in [1.82, 2.24) is 0 Å². The maximum Gasteiger partial charge on any atom is 0.0700 e. The van der Waals surface area contributed by atoms with Crippen molar-refractivity contribution in [3.05, 3.63) is 137 Å². The lowest BCUT2D eigenvalue weighted by Gasteiger charge is -2.51. The second kappa shape index (κ2) is 7.11. The molecule has 0 aliphatic carbocycles. The topological polar surface area (TPSA) is 12.4 Å². The van der Waals surface area contributed by atoms with E-state index in [9.17, 15) is 0 Å². The molecule has 0 saturated heterocycles. The summed E-state index contributed by atoms with van der Waals surface area (Å²) in [6, 6.07) is 39.2. The first-order chi connectivity index (χ1) is 14.7. The Balaban J connectivity index is 1.98. The normalized spacial score (nSPS) is 19.3. The summed E-state index contributed by atoms with van der Waals surface area (Å²) in [5, 5.41) is 0. The van der Waals surface area contributed by atoms with Crippen LogP contribution in [0.3, 0.4) is 0 Å². The van der Waals surface area contributed by atoms with Gasteiger partial charge in [-0.25, -0.2) is 0 Å². The van der Waals surface area contributed by atoms with E-state index in [0.29, 0.717) is 0 Å². The highest BCUT2D eigenvalue weighted by Gasteiger charge is 2.54. The fourth-order valence-corrected chi connectivity index (χ4v) is 5.23. The summed E-state index contributed by atoms with van der Waals surface area (Å²) in [5.41, 5.74) is 6.59. The monoisotopic (exact) mass is 387 g/mol. The van der Waals surface area contributed by atoms with Crippen LogP contribution in [0.15, 0.2) is 114 Å². The van der Waals surface area contributed by atoms with Gasteiger partial charge in [-0.2, -0.15) is 0 Å². The molecule has 30 heavy (non-hydrogen) atoms. The van der Waals surface area contributed by atoms with Crippen LogP contribution in [0.2, 0.25) is 0 Å². The standard InChI is InChI=1S/C29H25N/c1-22-13-12-20-26-27(22)30-21-28(2,23-14-6-3-7-15-23)29(26,24-16-8-4-9-17-24)25-18-10-5-11-19-25/h3-21H,1-2H3. The minimum absolute atomic E-state index is 0.363. The van der Waals surface area contributed by atoms with Crippen molar-refractivity contribution in [2.75, 3.05) is 0 Å². The minimum Gasteiger partial charge on any atom is -0.260 e. The molecule has 0 bridgehead atoms. The molecule has 4 aromatic rings. The lowest BCUT2D eigenvalue weighted by molar-refractivity contribution is 0.433. The molecule has 0 N–H and O–H groups in total. The van der Waals surface area contributed by atoms with Crippen LogP contribution in [0.5, 0.6) is 0 Å². The van der Waals surface area contributed by atoms with E-state index in [1.807, 2.05) is 0 Å². The molecule has 4 aromatic carbocycles. The Morgan fingerprint density at radius 1 is 0.567 bits per heavy atom. The highest BCUT2D eigenvalue weighted by molar-refractivity contribution is 5.88. The summed E-state index contributed by atoms with van der Waals surface area (Å²) in [6.07, 6.45) is 2.18. The van der Waals surface area contributed by atoms with Crippen molar-refractivity contribution in [3.8, 4) is 0 Å².